The second-order valence-corrected chi connectivity index (χ2v) is 3.41. The van der Waals surface area contributed by atoms with Gasteiger partial charge in [0, 0.05) is 27.1 Å². The van der Waals surface area contributed by atoms with Gasteiger partial charge in [0.1, 0.15) is 5.82 Å². The Balaban J connectivity index is 2.35. The number of rotatable bonds is 4. The summed E-state index contributed by atoms with van der Waals surface area (Å²) < 4.78 is 0. The summed E-state index contributed by atoms with van der Waals surface area (Å²) in [4.78, 5) is 16.6. The Kier molecular flexibility index (Phi) is 4.23. The molecule has 15 heavy (non-hydrogen) atoms. The first-order valence-electron chi connectivity index (χ1n) is 4.39. The Bertz CT molecular complexity index is 344. The van der Waals surface area contributed by atoms with Gasteiger partial charge in [0.2, 0.25) is 11.2 Å². The summed E-state index contributed by atoms with van der Waals surface area (Å²) in [6.07, 6.45) is 1.85. The van der Waals surface area contributed by atoms with E-state index in [0.29, 0.717) is 18.8 Å². The highest BCUT2D eigenvalue weighted by Crippen LogP contribution is 2.03. The molecule has 1 aromatic heterocycles. The zero-order valence-electron chi connectivity index (χ0n) is 8.57. The maximum atomic E-state index is 11.2. The third-order valence-corrected chi connectivity index (χ3v) is 1.84. The van der Waals surface area contributed by atoms with Gasteiger partial charge in [-0.1, -0.05) is 0 Å². The van der Waals surface area contributed by atoms with E-state index in [1.165, 1.54) is 11.1 Å². The van der Waals surface area contributed by atoms with Crippen molar-refractivity contribution in [1.82, 2.24) is 20.1 Å². The van der Waals surface area contributed by atoms with Crippen molar-refractivity contribution < 1.29 is 4.79 Å². The molecule has 1 amide bonds. The number of carbonyl (C=O) groups is 1. The smallest absolute Gasteiger partial charge is 0.244 e. The van der Waals surface area contributed by atoms with E-state index < -0.39 is 0 Å². The summed E-state index contributed by atoms with van der Waals surface area (Å²) in [7, 11) is 3.43. The van der Waals surface area contributed by atoms with Crippen LogP contribution in [0.15, 0.2) is 6.20 Å². The largest absolute Gasteiger partial charge is 0.368 e. The maximum absolute atomic E-state index is 11.2. The fraction of sp³-hybridized carbons (Fsp3) is 0.500. The standard InChI is InChI=1S/C8H12ClN5O/c1-14(2)7(15)3-4-10-6-5-11-13-8(9)12-6/h5H,3-4H2,1-2H3,(H,10,12,13). The summed E-state index contributed by atoms with van der Waals surface area (Å²) in [5, 5.41) is 10.1. The number of nitrogens with zero attached hydrogens (tertiary/aromatic N) is 4. The number of anilines is 1. The Morgan fingerprint density at radius 3 is 2.93 bits per heavy atom. The van der Waals surface area contributed by atoms with Gasteiger partial charge in [-0.2, -0.15) is 10.1 Å². The van der Waals surface area contributed by atoms with Crippen molar-refractivity contribution in [2.24, 2.45) is 0 Å². The minimum Gasteiger partial charge on any atom is -0.368 e. The summed E-state index contributed by atoms with van der Waals surface area (Å²) >= 11 is 5.54. The minimum absolute atomic E-state index is 0.0515. The first-order chi connectivity index (χ1) is 7.09. The van der Waals surface area contributed by atoms with Crippen LogP contribution in [0.4, 0.5) is 5.82 Å². The number of hydrogen-bond donors (Lipinski definition) is 1. The van der Waals surface area contributed by atoms with Crippen LogP contribution < -0.4 is 5.32 Å². The maximum Gasteiger partial charge on any atom is 0.244 e. The van der Waals surface area contributed by atoms with E-state index in [-0.39, 0.29) is 11.2 Å². The van der Waals surface area contributed by atoms with Gasteiger partial charge < -0.3 is 10.2 Å². The number of amides is 1. The van der Waals surface area contributed by atoms with Crippen LogP contribution in [0.25, 0.3) is 0 Å². The molecule has 0 aliphatic heterocycles. The van der Waals surface area contributed by atoms with E-state index in [2.05, 4.69) is 20.5 Å². The van der Waals surface area contributed by atoms with Gasteiger partial charge in [-0.3, -0.25) is 4.79 Å². The number of nitrogens with one attached hydrogen (secondary N) is 1. The molecule has 1 rings (SSSR count). The molecule has 0 fully saturated rings. The summed E-state index contributed by atoms with van der Waals surface area (Å²) in [6, 6.07) is 0. The quantitative estimate of drug-likeness (QED) is 0.810. The summed E-state index contributed by atoms with van der Waals surface area (Å²) in [5.41, 5.74) is 0. The molecule has 0 saturated carbocycles. The highest BCUT2D eigenvalue weighted by Gasteiger charge is 2.03. The SMILES string of the molecule is CN(C)C(=O)CCNc1cnnc(Cl)n1. The fourth-order valence-electron chi connectivity index (χ4n) is 0.888. The molecule has 1 heterocycles. The lowest BCUT2D eigenvalue weighted by molar-refractivity contribution is -0.128. The predicted molar refractivity (Wildman–Crippen MR) is 56.6 cm³/mol. The Labute approximate surface area is 92.7 Å². The number of halogens is 1. The Morgan fingerprint density at radius 2 is 2.33 bits per heavy atom. The molecular weight excluding hydrogens is 218 g/mol. The van der Waals surface area contributed by atoms with Gasteiger partial charge in [0.05, 0.1) is 6.20 Å². The van der Waals surface area contributed by atoms with E-state index in [4.69, 9.17) is 11.6 Å². The molecule has 0 radical (unpaired) electrons. The molecule has 0 saturated heterocycles. The van der Waals surface area contributed by atoms with Gasteiger partial charge in [-0.25, -0.2) is 0 Å². The second kappa shape index (κ2) is 5.45. The Hall–Kier alpha value is -1.43. The Morgan fingerprint density at radius 1 is 1.60 bits per heavy atom. The van der Waals surface area contributed by atoms with Crippen LogP contribution in [0.3, 0.4) is 0 Å². The van der Waals surface area contributed by atoms with Crippen LogP contribution in [0.2, 0.25) is 5.28 Å². The number of aromatic nitrogens is 3. The first-order valence-corrected chi connectivity index (χ1v) is 4.76. The van der Waals surface area contributed by atoms with Crippen LogP contribution in [-0.4, -0.2) is 46.6 Å². The van der Waals surface area contributed by atoms with Crippen molar-refractivity contribution >= 4 is 23.3 Å². The molecular formula is C8H12ClN5O. The van der Waals surface area contributed by atoms with E-state index in [1.54, 1.807) is 14.1 Å². The third-order valence-electron chi connectivity index (χ3n) is 1.68. The predicted octanol–water partition coefficient (Wildman–Crippen LogP) is 0.415. The van der Waals surface area contributed by atoms with Crippen molar-refractivity contribution in [3.63, 3.8) is 0 Å². The van der Waals surface area contributed by atoms with E-state index in [1.807, 2.05) is 0 Å². The normalized spacial score (nSPS) is 9.80. The number of hydrogen-bond acceptors (Lipinski definition) is 5. The topological polar surface area (TPSA) is 71.0 Å². The van der Waals surface area contributed by atoms with Crippen LogP contribution in [0.5, 0.6) is 0 Å². The molecule has 82 valence electrons. The van der Waals surface area contributed by atoms with E-state index in [9.17, 15) is 4.79 Å². The lowest BCUT2D eigenvalue weighted by Crippen LogP contribution is -2.24. The molecule has 0 aromatic carbocycles. The minimum atomic E-state index is 0.0515. The van der Waals surface area contributed by atoms with Crippen molar-refractivity contribution in [3.05, 3.63) is 11.5 Å². The molecule has 6 nitrogen and oxygen atoms in total. The first kappa shape index (κ1) is 11.6. The summed E-state index contributed by atoms with van der Waals surface area (Å²) in [6.45, 7) is 0.492. The van der Waals surface area contributed by atoms with Crippen molar-refractivity contribution in [2.45, 2.75) is 6.42 Å². The summed E-state index contributed by atoms with van der Waals surface area (Å²) in [5.74, 6) is 0.567. The van der Waals surface area contributed by atoms with E-state index in [0.717, 1.165) is 0 Å². The molecule has 0 aliphatic carbocycles. The lowest BCUT2D eigenvalue weighted by Gasteiger charge is -2.10. The van der Waals surface area contributed by atoms with Gasteiger partial charge in [-0.05, 0) is 11.6 Å². The molecule has 1 N–H and O–H groups in total. The zero-order chi connectivity index (χ0) is 11.3. The molecule has 0 unspecified atom stereocenters. The molecule has 0 atom stereocenters. The highest BCUT2D eigenvalue weighted by atomic mass is 35.5. The second-order valence-electron chi connectivity index (χ2n) is 3.08. The van der Waals surface area contributed by atoms with Crippen LogP contribution in [0.1, 0.15) is 6.42 Å². The van der Waals surface area contributed by atoms with Crippen molar-refractivity contribution in [2.75, 3.05) is 26.0 Å². The highest BCUT2D eigenvalue weighted by molar-refractivity contribution is 6.28. The molecule has 0 spiro atoms. The van der Waals surface area contributed by atoms with Gasteiger partial charge in [0.25, 0.3) is 0 Å². The molecule has 7 heteroatoms. The fourth-order valence-corrected chi connectivity index (χ4v) is 1.02. The average Bonchev–Trinajstić information content (AvgIpc) is 2.17. The van der Waals surface area contributed by atoms with E-state index >= 15 is 0 Å². The zero-order valence-corrected chi connectivity index (χ0v) is 9.32. The molecule has 0 bridgehead atoms. The van der Waals surface area contributed by atoms with Crippen LogP contribution >= 0.6 is 11.6 Å². The van der Waals surface area contributed by atoms with Gasteiger partial charge >= 0.3 is 0 Å². The van der Waals surface area contributed by atoms with Crippen LogP contribution in [-0.2, 0) is 4.79 Å². The van der Waals surface area contributed by atoms with Crippen molar-refractivity contribution in [1.29, 1.82) is 0 Å². The lowest BCUT2D eigenvalue weighted by atomic mass is 10.4. The van der Waals surface area contributed by atoms with Gasteiger partial charge in [0.15, 0.2) is 0 Å². The molecule has 1 aromatic rings. The number of carbonyl (C=O) groups excluding carboxylic acids is 1. The van der Waals surface area contributed by atoms with Crippen molar-refractivity contribution in [3.8, 4) is 0 Å². The monoisotopic (exact) mass is 229 g/mol. The van der Waals surface area contributed by atoms with Gasteiger partial charge in [-0.15, -0.1) is 5.10 Å². The van der Waals surface area contributed by atoms with Crippen LogP contribution in [0, 0.1) is 0 Å². The third kappa shape index (κ3) is 4.07. The average molecular weight is 230 g/mol. The molecule has 0 aliphatic rings.